The summed E-state index contributed by atoms with van der Waals surface area (Å²) in [5.41, 5.74) is 3.59. The van der Waals surface area contributed by atoms with Crippen molar-refractivity contribution < 1.29 is 9.53 Å². The predicted molar refractivity (Wildman–Crippen MR) is 107 cm³/mol. The standard InChI is InChI=1S/C21H19BrN2O2/c1-14-18(21(25)24-17-11-7-4-8-12-17)20(19(22)15(2)23-14)26-13-16-9-5-3-6-10-16/h3-12H,13H2,1-2H3,(H,24,25). The number of rotatable bonds is 5. The Morgan fingerprint density at radius 1 is 1.00 bits per heavy atom. The van der Waals surface area contributed by atoms with Crippen LogP contribution in [-0.4, -0.2) is 10.9 Å². The van der Waals surface area contributed by atoms with Gasteiger partial charge in [-0.25, -0.2) is 0 Å². The molecule has 5 heteroatoms. The molecular formula is C21H19BrN2O2. The lowest BCUT2D eigenvalue weighted by atomic mass is 10.1. The number of ether oxygens (including phenoxy) is 1. The van der Waals surface area contributed by atoms with Gasteiger partial charge in [0, 0.05) is 5.69 Å². The largest absolute Gasteiger partial charge is 0.487 e. The first-order chi connectivity index (χ1) is 12.6. The van der Waals surface area contributed by atoms with Crippen molar-refractivity contribution in [1.82, 2.24) is 4.98 Å². The van der Waals surface area contributed by atoms with Crippen LogP contribution in [0.1, 0.15) is 27.3 Å². The lowest BCUT2D eigenvalue weighted by Gasteiger charge is -2.17. The van der Waals surface area contributed by atoms with Gasteiger partial charge < -0.3 is 10.1 Å². The van der Waals surface area contributed by atoms with Crippen LogP contribution in [0.4, 0.5) is 5.69 Å². The molecule has 132 valence electrons. The zero-order valence-electron chi connectivity index (χ0n) is 14.6. The van der Waals surface area contributed by atoms with Crippen LogP contribution >= 0.6 is 15.9 Å². The molecule has 0 atom stereocenters. The van der Waals surface area contributed by atoms with E-state index in [1.54, 1.807) is 0 Å². The normalized spacial score (nSPS) is 10.4. The van der Waals surface area contributed by atoms with E-state index in [0.717, 1.165) is 16.9 Å². The fourth-order valence-corrected chi connectivity index (χ4v) is 3.04. The second-order valence-corrected chi connectivity index (χ2v) is 6.69. The van der Waals surface area contributed by atoms with Gasteiger partial charge in [0.25, 0.3) is 5.91 Å². The van der Waals surface area contributed by atoms with Crippen molar-refractivity contribution in [3.63, 3.8) is 0 Å². The third kappa shape index (κ3) is 4.11. The number of aryl methyl sites for hydroxylation is 2. The number of hydrogen-bond donors (Lipinski definition) is 1. The average molecular weight is 411 g/mol. The Morgan fingerprint density at radius 2 is 1.62 bits per heavy atom. The van der Waals surface area contributed by atoms with Gasteiger partial charge in [-0.2, -0.15) is 0 Å². The van der Waals surface area contributed by atoms with Gasteiger partial charge in [0.1, 0.15) is 17.9 Å². The molecule has 0 aliphatic carbocycles. The SMILES string of the molecule is Cc1nc(C)c(C(=O)Nc2ccccc2)c(OCc2ccccc2)c1Br. The molecule has 1 amide bonds. The van der Waals surface area contributed by atoms with Crippen molar-refractivity contribution in [1.29, 1.82) is 0 Å². The molecule has 1 aromatic heterocycles. The smallest absolute Gasteiger partial charge is 0.261 e. The molecule has 0 fully saturated rings. The highest BCUT2D eigenvalue weighted by molar-refractivity contribution is 9.10. The fourth-order valence-electron chi connectivity index (χ4n) is 2.64. The van der Waals surface area contributed by atoms with Crippen molar-refractivity contribution in [2.45, 2.75) is 20.5 Å². The van der Waals surface area contributed by atoms with Gasteiger partial charge in [0.15, 0.2) is 0 Å². The topological polar surface area (TPSA) is 51.2 Å². The number of amides is 1. The van der Waals surface area contributed by atoms with Gasteiger partial charge >= 0.3 is 0 Å². The summed E-state index contributed by atoms with van der Waals surface area (Å²) in [5.74, 6) is 0.261. The second-order valence-electron chi connectivity index (χ2n) is 5.90. The van der Waals surface area contributed by atoms with E-state index >= 15 is 0 Å². The molecule has 0 saturated heterocycles. The Labute approximate surface area is 161 Å². The number of anilines is 1. The molecule has 3 rings (SSSR count). The van der Waals surface area contributed by atoms with Gasteiger partial charge in [0.05, 0.1) is 15.9 Å². The van der Waals surface area contributed by atoms with Crippen molar-refractivity contribution in [2.75, 3.05) is 5.32 Å². The molecule has 1 heterocycles. The van der Waals surface area contributed by atoms with Crippen molar-refractivity contribution in [2.24, 2.45) is 0 Å². The minimum absolute atomic E-state index is 0.245. The number of nitrogens with zero attached hydrogens (tertiary/aromatic N) is 1. The molecule has 2 aromatic carbocycles. The Bertz CT molecular complexity index is 912. The highest BCUT2D eigenvalue weighted by Crippen LogP contribution is 2.34. The van der Waals surface area contributed by atoms with Crippen molar-refractivity contribution in [3.8, 4) is 5.75 Å². The first kappa shape index (κ1) is 18.1. The number of hydrogen-bond acceptors (Lipinski definition) is 3. The summed E-state index contributed by atoms with van der Waals surface area (Å²) in [6.45, 7) is 4.06. The highest BCUT2D eigenvalue weighted by atomic mass is 79.9. The molecule has 0 spiro atoms. The highest BCUT2D eigenvalue weighted by Gasteiger charge is 2.22. The predicted octanol–water partition coefficient (Wildman–Crippen LogP) is 5.29. The third-order valence-electron chi connectivity index (χ3n) is 3.93. The minimum atomic E-state index is -0.245. The monoisotopic (exact) mass is 410 g/mol. The average Bonchev–Trinajstić information content (AvgIpc) is 2.65. The van der Waals surface area contributed by atoms with Crippen molar-refractivity contribution in [3.05, 3.63) is 87.7 Å². The Hall–Kier alpha value is -2.66. The van der Waals surface area contributed by atoms with Gasteiger partial charge in [0.2, 0.25) is 0 Å². The number of benzene rings is 2. The molecule has 0 aliphatic rings. The van der Waals surface area contributed by atoms with Crippen LogP contribution in [0.3, 0.4) is 0 Å². The van der Waals surface area contributed by atoms with E-state index in [1.165, 1.54) is 0 Å². The summed E-state index contributed by atoms with van der Waals surface area (Å²) < 4.78 is 6.72. The van der Waals surface area contributed by atoms with E-state index in [1.807, 2.05) is 74.5 Å². The maximum absolute atomic E-state index is 12.9. The van der Waals surface area contributed by atoms with Gasteiger partial charge in [-0.1, -0.05) is 48.5 Å². The number of carbonyl (C=O) groups is 1. The van der Waals surface area contributed by atoms with Gasteiger partial charge in [-0.3, -0.25) is 9.78 Å². The molecule has 0 saturated carbocycles. The van der Waals surface area contributed by atoms with Gasteiger partial charge in [-0.15, -0.1) is 0 Å². The third-order valence-corrected chi connectivity index (χ3v) is 4.86. The summed E-state index contributed by atoms with van der Waals surface area (Å²) in [6.07, 6.45) is 0. The van der Waals surface area contributed by atoms with E-state index in [0.29, 0.717) is 28.1 Å². The summed E-state index contributed by atoms with van der Waals surface area (Å²) in [6, 6.07) is 19.2. The van der Waals surface area contributed by atoms with Gasteiger partial charge in [-0.05, 0) is 47.5 Å². The molecule has 3 aromatic rings. The lowest BCUT2D eigenvalue weighted by molar-refractivity contribution is 0.102. The second kappa shape index (κ2) is 8.15. The van der Waals surface area contributed by atoms with Crippen molar-refractivity contribution >= 4 is 27.5 Å². The van der Waals surface area contributed by atoms with Crippen LogP contribution < -0.4 is 10.1 Å². The number of para-hydroxylation sites is 1. The van der Waals surface area contributed by atoms with Crippen LogP contribution in [0.2, 0.25) is 0 Å². The minimum Gasteiger partial charge on any atom is -0.487 e. The van der Waals surface area contributed by atoms with Crippen LogP contribution in [-0.2, 0) is 6.61 Å². The molecule has 0 unspecified atom stereocenters. The van der Waals surface area contributed by atoms with E-state index in [2.05, 4.69) is 26.2 Å². The Balaban J connectivity index is 1.93. The van der Waals surface area contributed by atoms with E-state index in [-0.39, 0.29) is 5.91 Å². The van der Waals surface area contributed by atoms with Crippen LogP contribution in [0.15, 0.2) is 65.1 Å². The van der Waals surface area contributed by atoms with Crippen LogP contribution in [0.5, 0.6) is 5.75 Å². The summed E-state index contributed by atoms with van der Waals surface area (Å²) >= 11 is 3.53. The summed E-state index contributed by atoms with van der Waals surface area (Å²) in [7, 11) is 0. The Kier molecular flexibility index (Phi) is 5.68. The zero-order chi connectivity index (χ0) is 18.5. The maximum Gasteiger partial charge on any atom is 0.261 e. The first-order valence-electron chi connectivity index (χ1n) is 8.26. The quantitative estimate of drug-likeness (QED) is 0.621. The molecule has 0 bridgehead atoms. The number of carbonyl (C=O) groups excluding carboxylic acids is 1. The van der Waals surface area contributed by atoms with E-state index < -0.39 is 0 Å². The zero-order valence-corrected chi connectivity index (χ0v) is 16.2. The first-order valence-corrected chi connectivity index (χ1v) is 9.05. The molecule has 0 aliphatic heterocycles. The number of nitrogens with one attached hydrogen (secondary N) is 1. The molecule has 1 N–H and O–H groups in total. The van der Waals surface area contributed by atoms with Crippen LogP contribution in [0, 0.1) is 13.8 Å². The van der Waals surface area contributed by atoms with E-state index in [4.69, 9.17) is 4.74 Å². The Morgan fingerprint density at radius 3 is 2.27 bits per heavy atom. The molecule has 0 radical (unpaired) electrons. The number of pyridine rings is 1. The summed E-state index contributed by atoms with van der Waals surface area (Å²) in [4.78, 5) is 17.3. The summed E-state index contributed by atoms with van der Waals surface area (Å²) in [5, 5.41) is 2.90. The van der Waals surface area contributed by atoms with E-state index in [9.17, 15) is 4.79 Å². The fraction of sp³-hybridized carbons (Fsp3) is 0.143. The molecule has 4 nitrogen and oxygen atoms in total. The molecular weight excluding hydrogens is 392 g/mol. The van der Waals surface area contributed by atoms with Crippen LogP contribution in [0.25, 0.3) is 0 Å². The maximum atomic E-state index is 12.9. The lowest BCUT2D eigenvalue weighted by Crippen LogP contribution is -2.17. The number of halogens is 1. The number of aromatic nitrogens is 1. The molecule has 26 heavy (non-hydrogen) atoms.